The van der Waals surface area contributed by atoms with E-state index in [9.17, 15) is 14.7 Å². The lowest BCUT2D eigenvalue weighted by molar-refractivity contribution is -0.157. The Balaban J connectivity index is 2.16. The molecule has 33 heavy (non-hydrogen) atoms. The number of benzene rings is 2. The first-order valence-corrected chi connectivity index (χ1v) is 10.7. The van der Waals surface area contributed by atoms with Crippen LogP contribution >= 0.6 is 0 Å². The van der Waals surface area contributed by atoms with Crippen molar-refractivity contribution in [1.29, 1.82) is 0 Å². The molecule has 0 aliphatic carbocycles. The summed E-state index contributed by atoms with van der Waals surface area (Å²) in [5, 5.41) is 12.0. The van der Waals surface area contributed by atoms with Gasteiger partial charge in [-0.15, -0.1) is 0 Å². The molecule has 0 fully saturated rings. The van der Waals surface area contributed by atoms with E-state index in [4.69, 9.17) is 18.9 Å². The van der Waals surface area contributed by atoms with Gasteiger partial charge in [0.05, 0.1) is 31.6 Å². The van der Waals surface area contributed by atoms with Gasteiger partial charge < -0.3 is 24.1 Å². The molecule has 3 rings (SSSR count). The van der Waals surface area contributed by atoms with Crippen LogP contribution in [0.4, 0.5) is 0 Å². The highest BCUT2D eigenvalue weighted by atomic mass is 16.6. The largest absolute Gasteiger partial charge is 0.508 e. The van der Waals surface area contributed by atoms with Crippen LogP contribution in [0.3, 0.4) is 0 Å². The third kappa shape index (κ3) is 5.66. The van der Waals surface area contributed by atoms with E-state index in [1.807, 2.05) is 45.0 Å². The maximum absolute atomic E-state index is 12.5. The molecule has 1 N–H and O–H groups in total. The Hall–Kier alpha value is -3.48. The van der Waals surface area contributed by atoms with E-state index in [-0.39, 0.29) is 23.9 Å². The Bertz CT molecular complexity index is 1140. The van der Waals surface area contributed by atoms with Gasteiger partial charge in [0.15, 0.2) is 5.78 Å². The molecule has 7 heteroatoms. The topological polar surface area (TPSA) is 91.3 Å². The maximum Gasteiger partial charge on any atom is 0.310 e. The monoisotopic (exact) mass is 454 g/mol. The summed E-state index contributed by atoms with van der Waals surface area (Å²) in [7, 11) is 3.14. The molecular formula is C26H30O7. The number of aliphatic hydroxyl groups is 1. The molecule has 1 heterocycles. The van der Waals surface area contributed by atoms with Gasteiger partial charge in [0, 0.05) is 18.6 Å². The van der Waals surface area contributed by atoms with Crippen LogP contribution in [-0.2, 0) is 25.5 Å². The SMILES string of the molecule is COc1cccc2cc3c(c(OC)c12)/C(=C/C(O)=C/C(C)=O)OC(CC(=O)OC(C)(C)C)C3. The highest BCUT2D eigenvalue weighted by Gasteiger charge is 2.32. The number of hydrogen-bond donors (Lipinski definition) is 1. The van der Waals surface area contributed by atoms with Gasteiger partial charge in [-0.25, -0.2) is 0 Å². The van der Waals surface area contributed by atoms with Gasteiger partial charge in [0.25, 0.3) is 0 Å². The molecule has 0 amide bonds. The fourth-order valence-corrected chi connectivity index (χ4v) is 3.95. The van der Waals surface area contributed by atoms with Crippen LogP contribution < -0.4 is 9.47 Å². The minimum absolute atomic E-state index is 0.0314. The second kappa shape index (κ2) is 9.57. The average Bonchev–Trinajstić information content (AvgIpc) is 2.69. The summed E-state index contributed by atoms with van der Waals surface area (Å²) in [4.78, 5) is 23.9. The zero-order valence-electron chi connectivity index (χ0n) is 19.9. The molecule has 0 saturated carbocycles. The summed E-state index contributed by atoms with van der Waals surface area (Å²) in [5.41, 5.74) is 0.911. The predicted molar refractivity (Wildman–Crippen MR) is 125 cm³/mol. The van der Waals surface area contributed by atoms with Gasteiger partial charge in [0.1, 0.15) is 34.7 Å². The summed E-state index contributed by atoms with van der Waals surface area (Å²) >= 11 is 0. The maximum atomic E-state index is 12.5. The Labute approximate surface area is 193 Å². The normalized spacial score (nSPS) is 17.3. The lowest BCUT2D eigenvalue weighted by Gasteiger charge is -2.31. The number of ether oxygens (including phenoxy) is 4. The van der Waals surface area contributed by atoms with E-state index in [0.717, 1.165) is 22.4 Å². The standard InChI is InChI=1S/C26H30O7/c1-15(27)10-18(28)13-21-24-17(12-19(32-21)14-22(29)33-26(2,3)4)11-16-8-7-9-20(30-5)23(16)25(24)31-6/h7-11,13,19,28H,12,14H2,1-6H3/b18-10-,21-13-. The van der Waals surface area contributed by atoms with Crippen molar-refractivity contribution in [3.05, 3.63) is 53.3 Å². The lowest BCUT2D eigenvalue weighted by atomic mass is 9.90. The van der Waals surface area contributed by atoms with E-state index in [2.05, 4.69) is 0 Å². The van der Waals surface area contributed by atoms with Gasteiger partial charge in [-0.05, 0) is 50.8 Å². The third-order valence-electron chi connectivity index (χ3n) is 5.02. The number of methoxy groups -OCH3 is 2. The van der Waals surface area contributed by atoms with Crippen LogP contribution in [0.1, 0.15) is 45.2 Å². The van der Waals surface area contributed by atoms with Gasteiger partial charge >= 0.3 is 5.97 Å². The highest BCUT2D eigenvalue weighted by Crippen LogP contribution is 2.45. The number of aliphatic hydroxyl groups excluding tert-OH is 1. The molecular weight excluding hydrogens is 424 g/mol. The van der Waals surface area contributed by atoms with E-state index in [1.54, 1.807) is 14.2 Å². The second-order valence-electron chi connectivity index (χ2n) is 8.93. The number of allylic oxidation sites excluding steroid dienone is 2. The predicted octanol–water partition coefficient (Wildman–Crippen LogP) is 4.90. The number of rotatable bonds is 6. The van der Waals surface area contributed by atoms with Crippen molar-refractivity contribution in [3.8, 4) is 11.5 Å². The van der Waals surface area contributed by atoms with Crippen molar-refractivity contribution in [3.63, 3.8) is 0 Å². The summed E-state index contributed by atoms with van der Waals surface area (Å²) < 4.78 is 22.9. The van der Waals surface area contributed by atoms with Crippen molar-refractivity contribution in [2.45, 2.75) is 52.2 Å². The molecule has 0 aromatic heterocycles. The summed E-state index contributed by atoms with van der Waals surface area (Å²) in [6.45, 7) is 6.77. The quantitative estimate of drug-likeness (QED) is 0.377. The van der Waals surface area contributed by atoms with Crippen molar-refractivity contribution in [1.82, 2.24) is 0 Å². The van der Waals surface area contributed by atoms with Gasteiger partial charge in [-0.2, -0.15) is 0 Å². The molecule has 1 atom stereocenters. The van der Waals surface area contributed by atoms with Crippen molar-refractivity contribution < 1.29 is 33.6 Å². The number of ketones is 1. The van der Waals surface area contributed by atoms with Gasteiger partial charge in [0.2, 0.25) is 0 Å². The van der Waals surface area contributed by atoms with Crippen LogP contribution in [0.15, 0.2) is 42.2 Å². The number of esters is 1. The summed E-state index contributed by atoms with van der Waals surface area (Å²) in [5.74, 6) is 0.502. The second-order valence-corrected chi connectivity index (χ2v) is 8.93. The van der Waals surface area contributed by atoms with Crippen LogP contribution in [0, 0.1) is 0 Å². The van der Waals surface area contributed by atoms with Gasteiger partial charge in [-0.1, -0.05) is 12.1 Å². The molecule has 0 bridgehead atoms. The molecule has 1 aliphatic heterocycles. The summed E-state index contributed by atoms with van der Waals surface area (Å²) in [6.07, 6.45) is 2.42. The zero-order valence-corrected chi connectivity index (χ0v) is 19.9. The molecule has 0 radical (unpaired) electrons. The van der Waals surface area contributed by atoms with Crippen LogP contribution in [0.2, 0.25) is 0 Å². The van der Waals surface area contributed by atoms with E-state index in [0.29, 0.717) is 29.2 Å². The smallest absolute Gasteiger partial charge is 0.310 e. The lowest BCUT2D eigenvalue weighted by Crippen LogP contribution is -2.30. The fourth-order valence-electron chi connectivity index (χ4n) is 3.95. The number of carbonyl (C=O) groups is 2. The van der Waals surface area contributed by atoms with Crippen LogP contribution in [0.5, 0.6) is 11.5 Å². The molecule has 0 saturated heterocycles. The van der Waals surface area contributed by atoms with Gasteiger partial charge in [-0.3, -0.25) is 9.59 Å². The molecule has 176 valence electrons. The molecule has 2 aromatic carbocycles. The molecule has 1 aliphatic rings. The fraction of sp³-hybridized carbons (Fsp3) is 0.385. The number of hydrogen-bond acceptors (Lipinski definition) is 7. The summed E-state index contributed by atoms with van der Waals surface area (Å²) in [6, 6.07) is 7.68. The minimum atomic E-state index is -0.610. The number of carbonyl (C=O) groups excluding carboxylic acids is 2. The first-order valence-electron chi connectivity index (χ1n) is 10.7. The number of fused-ring (bicyclic) bond motifs is 2. The highest BCUT2D eigenvalue weighted by molar-refractivity contribution is 5.99. The van der Waals surface area contributed by atoms with E-state index < -0.39 is 11.7 Å². The van der Waals surface area contributed by atoms with E-state index in [1.165, 1.54) is 13.0 Å². The van der Waals surface area contributed by atoms with E-state index >= 15 is 0 Å². The van der Waals surface area contributed by atoms with Crippen LogP contribution in [-0.4, -0.2) is 42.8 Å². The van der Waals surface area contributed by atoms with Crippen molar-refractivity contribution in [2.24, 2.45) is 0 Å². The Morgan fingerprint density at radius 3 is 2.55 bits per heavy atom. The Morgan fingerprint density at radius 2 is 1.94 bits per heavy atom. The Morgan fingerprint density at radius 1 is 1.21 bits per heavy atom. The molecule has 0 spiro atoms. The first kappa shape index (κ1) is 24.2. The average molecular weight is 455 g/mol. The minimum Gasteiger partial charge on any atom is -0.508 e. The zero-order chi connectivity index (χ0) is 24.3. The molecule has 2 aromatic rings. The molecule has 7 nitrogen and oxygen atoms in total. The van der Waals surface area contributed by atoms with Crippen LogP contribution in [0.25, 0.3) is 16.5 Å². The third-order valence-corrected chi connectivity index (χ3v) is 5.02. The molecule has 1 unspecified atom stereocenters. The first-order chi connectivity index (χ1) is 15.5. The van der Waals surface area contributed by atoms with Crippen molar-refractivity contribution in [2.75, 3.05) is 14.2 Å². The van der Waals surface area contributed by atoms with Crippen molar-refractivity contribution >= 4 is 28.3 Å². The Kier molecular flexibility index (Phi) is 7.01.